The second-order valence-electron chi connectivity index (χ2n) is 4.14. The van der Waals surface area contributed by atoms with Gasteiger partial charge in [0.15, 0.2) is 0 Å². The lowest BCUT2D eigenvalue weighted by Gasteiger charge is -2.09. The van der Waals surface area contributed by atoms with Crippen LogP contribution in [-0.4, -0.2) is 28.1 Å². The molecule has 0 aromatic carbocycles. The molecule has 6 heteroatoms. The van der Waals surface area contributed by atoms with E-state index in [1.54, 1.807) is 27.7 Å². The van der Waals surface area contributed by atoms with Crippen LogP contribution in [0.1, 0.15) is 0 Å². The van der Waals surface area contributed by atoms with Gasteiger partial charge in [-0.2, -0.15) is 0 Å². The van der Waals surface area contributed by atoms with Crippen LogP contribution in [0.3, 0.4) is 0 Å². The molecule has 2 heterocycles. The minimum Gasteiger partial charge on any atom is -0.251 e. The molecule has 4 nitrogen and oxygen atoms in total. The molecule has 2 aromatic heterocycles. The quantitative estimate of drug-likeness (QED) is 0.722. The molecule has 74 valence electrons. The summed E-state index contributed by atoms with van der Waals surface area (Å²) in [4.78, 5) is 4.01. The smallest absolute Gasteiger partial charge is 0.139 e. The third kappa shape index (κ3) is 1.76. The van der Waals surface area contributed by atoms with Gasteiger partial charge in [0.05, 0.1) is 23.2 Å². The van der Waals surface area contributed by atoms with Gasteiger partial charge in [-0.15, -0.1) is 16.4 Å². The van der Waals surface area contributed by atoms with Crippen LogP contribution in [0.15, 0.2) is 17.9 Å². The molecular formula is C8H12N4SSi. The SMILES string of the molecule is C[Si](C)(C)c1cn(-c2cncs2)nn1. The molecule has 2 aromatic rings. The maximum Gasteiger partial charge on any atom is 0.139 e. The van der Waals surface area contributed by atoms with Crippen molar-refractivity contribution in [3.63, 3.8) is 0 Å². The molecule has 0 unspecified atom stereocenters. The predicted octanol–water partition coefficient (Wildman–Crippen LogP) is 1.27. The molecular weight excluding hydrogens is 212 g/mol. The Labute approximate surface area is 87.6 Å². The first-order valence-corrected chi connectivity index (χ1v) is 8.77. The second kappa shape index (κ2) is 3.29. The molecule has 0 saturated carbocycles. The molecule has 0 aliphatic carbocycles. The van der Waals surface area contributed by atoms with Crippen LogP contribution in [0, 0.1) is 0 Å². The van der Waals surface area contributed by atoms with Gasteiger partial charge in [-0.05, 0) is 0 Å². The van der Waals surface area contributed by atoms with Crippen molar-refractivity contribution in [3.8, 4) is 5.00 Å². The standard InChI is InChI=1S/C8H12N4SSi/c1-14(2,3)7-5-12(11-10-7)8-4-9-6-13-8/h4-6H,1-3H3. The third-order valence-corrected chi connectivity index (χ3v) is 4.43. The highest BCUT2D eigenvalue weighted by Gasteiger charge is 2.20. The predicted molar refractivity (Wildman–Crippen MR) is 60.0 cm³/mol. The van der Waals surface area contributed by atoms with Crippen LogP contribution < -0.4 is 5.32 Å². The van der Waals surface area contributed by atoms with Crippen molar-refractivity contribution >= 4 is 24.7 Å². The molecule has 0 spiro atoms. The Morgan fingerprint density at radius 3 is 2.64 bits per heavy atom. The van der Waals surface area contributed by atoms with E-state index >= 15 is 0 Å². The van der Waals surface area contributed by atoms with Crippen molar-refractivity contribution in [2.24, 2.45) is 0 Å². The first-order chi connectivity index (χ1) is 6.57. The maximum absolute atomic E-state index is 4.20. The zero-order chi connectivity index (χ0) is 10.2. The third-order valence-electron chi connectivity index (χ3n) is 1.91. The summed E-state index contributed by atoms with van der Waals surface area (Å²) in [6, 6.07) is 0. The van der Waals surface area contributed by atoms with Gasteiger partial charge < -0.3 is 0 Å². The number of thiazole rings is 1. The van der Waals surface area contributed by atoms with Crippen molar-refractivity contribution in [1.29, 1.82) is 0 Å². The summed E-state index contributed by atoms with van der Waals surface area (Å²) < 4.78 is 1.80. The van der Waals surface area contributed by atoms with Crippen molar-refractivity contribution in [2.45, 2.75) is 19.6 Å². The van der Waals surface area contributed by atoms with Gasteiger partial charge in [0.2, 0.25) is 0 Å². The molecule has 14 heavy (non-hydrogen) atoms. The van der Waals surface area contributed by atoms with Crippen molar-refractivity contribution < 1.29 is 0 Å². The molecule has 0 atom stereocenters. The minimum atomic E-state index is -1.34. The van der Waals surface area contributed by atoms with Gasteiger partial charge in [-0.3, -0.25) is 4.98 Å². The number of rotatable bonds is 2. The van der Waals surface area contributed by atoms with Crippen LogP contribution in [0.4, 0.5) is 0 Å². The second-order valence-corrected chi connectivity index (χ2v) is 10.0. The van der Waals surface area contributed by atoms with Crippen LogP contribution in [-0.2, 0) is 0 Å². The Balaban J connectivity index is 2.36. The average Bonchev–Trinajstić information content (AvgIpc) is 2.73. The van der Waals surface area contributed by atoms with Crippen molar-refractivity contribution in [2.75, 3.05) is 0 Å². The normalized spacial score (nSPS) is 11.9. The first kappa shape index (κ1) is 9.54. The summed E-state index contributed by atoms with van der Waals surface area (Å²) in [6.45, 7) is 6.77. The molecule has 0 saturated heterocycles. The van der Waals surface area contributed by atoms with Crippen molar-refractivity contribution in [3.05, 3.63) is 17.9 Å². The number of hydrogen-bond acceptors (Lipinski definition) is 4. The lowest BCUT2D eigenvalue weighted by Crippen LogP contribution is -2.38. The summed E-state index contributed by atoms with van der Waals surface area (Å²) in [5.41, 5.74) is 1.80. The highest BCUT2D eigenvalue weighted by molar-refractivity contribution is 7.12. The van der Waals surface area contributed by atoms with Crippen LogP contribution in [0.25, 0.3) is 5.00 Å². The largest absolute Gasteiger partial charge is 0.251 e. The average molecular weight is 224 g/mol. The van der Waals surface area contributed by atoms with E-state index in [-0.39, 0.29) is 0 Å². The topological polar surface area (TPSA) is 43.6 Å². The number of nitrogens with zero attached hydrogens (tertiary/aromatic N) is 4. The summed E-state index contributed by atoms with van der Waals surface area (Å²) in [5.74, 6) is 0. The minimum absolute atomic E-state index is 1.02. The summed E-state index contributed by atoms with van der Waals surface area (Å²) in [5, 5.41) is 10.4. The molecule has 2 rings (SSSR count). The van der Waals surface area contributed by atoms with E-state index in [9.17, 15) is 0 Å². The fraction of sp³-hybridized carbons (Fsp3) is 0.375. The van der Waals surface area contributed by atoms with E-state index < -0.39 is 8.07 Å². The fourth-order valence-corrected chi connectivity index (χ4v) is 2.44. The summed E-state index contributed by atoms with van der Waals surface area (Å²) in [6.07, 6.45) is 3.81. The number of aromatic nitrogens is 4. The van der Waals surface area contributed by atoms with Crippen LogP contribution >= 0.6 is 11.3 Å². The Kier molecular flexibility index (Phi) is 2.24. The molecule has 0 aliphatic heterocycles. The Morgan fingerprint density at radius 2 is 2.14 bits per heavy atom. The van der Waals surface area contributed by atoms with E-state index in [1.807, 2.05) is 6.20 Å². The van der Waals surface area contributed by atoms with Crippen LogP contribution in [0.5, 0.6) is 0 Å². The molecule has 0 fully saturated rings. The summed E-state index contributed by atoms with van der Waals surface area (Å²) in [7, 11) is -1.34. The van der Waals surface area contributed by atoms with Crippen molar-refractivity contribution in [1.82, 2.24) is 20.0 Å². The number of hydrogen-bond donors (Lipinski definition) is 0. The van der Waals surface area contributed by atoms with E-state index in [1.165, 1.54) is 0 Å². The Morgan fingerprint density at radius 1 is 1.36 bits per heavy atom. The zero-order valence-electron chi connectivity index (χ0n) is 8.43. The van der Waals surface area contributed by atoms with Gasteiger partial charge >= 0.3 is 0 Å². The molecule has 0 aliphatic rings. The summed E-state index contributed by atoms with van der Waals surface area (Å²) >= 11 is 1.56. The van der Waals surface area contributed by atoms with Gasteiger partial charge in [0, 0.05) is 0 Å². The Hall–Kier alpha value is -1.01. The Bertz CT molecular complexity index is 415. The van der Waals surface area contributed by atoms with E-state index in [0.29, 0.717) is 0 Å². The van der Waals surface area contributed by atoms with Gasteiger partial charge in [0.25, 0.3) is 0 Å². The lowest BCUT2D eigenvalue weighted by molar-refractivity contribution is 0.814. The van der Waals surface area contributed by atoms with Gasteiger partial charge in [-0.25, -0.2) is 4.68 Å². The molecule has 0 amide bonds. The highest BCUT2D eigenvalue weighted by atomic mass is 32.1. The van der Waals surface area contributed by atoms with Gasteiger partial charge in [0.1, 0.15) is 13.1 Å². The van der Waals surface area contributed by atoms with E-state index in [4.69, 9.17) is 0 Å². The maximum atomic E-state index is 4.20. The van der Waals surface area contributed by atoms with Gasteiger partial charge in [-0.1, -0.05) is 24.9 Å². The molecule has 0 N–H and O–H groups in total. The van der Waals surface area contributed by atoms with E-state index in [0.717, 1.165) is 10.3 Å². The highest BCUT2D eigenvalue weighted by Crippen LogP contribution is 2.10. The van der Waals surface area contributed by atoms with Crippen LogP contribution in [0.2, 0.25) is 19.6 Å². The fourth-order valence-electron chi connectivity index (χ4n) is 1.04. The molecule has 0 bridgehead atoms. The zero-order valence-corrected chi connectivity index (χ0v) is 10.2. The first-order valence-electron chi connectivity index (χ1n) is 4.39. The molecule has 0 radical (unpaired) electrons. The lowest BCUT2D eigenvalue weighted by atomic mass is 10.8. The van der Waals surface area contributed by atoms with E-state index in [2.05, 4.69) is 34.9 Å². The monoisotopic (exact) mass is 224 g/mol.